The highest BCUT2D eigenvalue weighted by atomic mass is 127. The zero-order chi connectivity index (χ0) is 21.8. The van der Waals surface area contributed by atoms with E-state index in [1.165, 1.54) is 6.26 Å². The fourth-order valence-corrected chi connectivity index (χ4v) is 3.26. The van der Waals surface area contributed by atoms with Crippen LogP contribution in [0.25, 0.3) is 0 Å². The molecule has 0 unspecified atom stereocenters. The molecule has 8 heteroatoms. The minimum atomic E-state index is -0.275. The number of carbonyl (C=O) groups is 1. The summed E-state index contributed by atoms with van der Waals surface area (Å²) in [6, 6.07) is 10.9. The smallest absolute Gasteiger partial charge is 0.291 e. The number of furan rings is 1. The van der Waals surface area contributed by atoms with Crippen molar-refractivity contribution in [2.75, 3.05) is 25.0 Å². The molecule has 0 atom stereocenters. The van der Waals surface area contributed by atoms with Crippen LogP contribution in [0.15, 0.2) is 52.1 Å². The van der Waals surface area contributed by atoms with E-state index in [0.717, 1.165) is 43.9 Å². The lowest BCUT2D eigenvalue weighted by Crippen LogP contribution is -2.43. The van der Waals surface area contributed by atoms with E-state index in [0.29, 0.717) is 12.2 Å². The summed E-state index contributed by atoms with van der Waals surface area (Å²) in [5, 5.41) is 18.9. The molecule has 0 fully saturated rings. The Balaban J connectivity index is 0.00000480. The number of halogens is 1. The molecule has 0 saturated heterocycles. The Kier molecular flexibility index (Phi) is 12.2. The first kappa shape index (κ1) is 27.0. The third-order valence-electron chi connectivity index (χ3n) is 5.49. The van der Waals surface area contributed by atoms with Crippen LogP contribution in [0, 0.1) is 5.41 Å². The number of rotatable bonds is 11. The van der Waals surface area contributed by atoms with Crippen LogP contribution in [-0.2, 0) is 6.54 Å². The number of nitrogens with one attached hydrogen (secondary N) is 3. The minimum absolute atomic E-state index is 0. The summed E-state index contributed by atoms with van der Waals surface area (Å²) in [6.07, 6.45) is 4.25. The van der Waals surface area contributed by atoms with Gasteiger partial charge in [-0.05, 0) is 61.4 Å². The van der Waals surface area contributed by atoms with Crippen molar-refractivity contribution in [2.45, 2.75) is 46.6 Å². The van der Waals surface area contributed by atoms with E-state index in [4.69, 9.17) is 4.42 Å². The molecule has 0 aliphatic rings. The van der Waals surface area contributed by atoms with E-state index in [-0.39, 0.29) is 47.7 Å². The first-order valence-electron chi connectivity index (χ1n) is 10.6. The summed E-state index contributed by atoms with van der Waals surface area (Å²) in [4.78, 5) is 16.7. The molecule has 2 aromatic rings. The number of amides is 1. The van der Waals surface area contributed by atoms with E-state index in [1.54, 1.807) is 12.1 Å². The number of guanidine groups is 1. The molecule has 0 bridgehead atoms. The lowest BCUT2D eigenvalue weighted by Gasteiger charge is -2.32. The van der Waals surface area contributed by atoms with Crippen LogP contribution >= 0.6 is 24.0 Å². The molecule has 31 heavy (non-hydrogen) atoms. The standard InChI is InChI=1S/C23H34N4O3.HI/c1-4-23(5-2,13-14-28)17-26-22(24-6-3)25-16-18-9-11-19(12-10-18)27-21(29)20-8-7-15-30-20;/h7-12,15,28H,4-6,13-14,16-17H2,1-3H3,(H,27,29)(H2,24,25,26);1H. The van der Waals surface area contributed by atoms with E-state index in [1.807, 2.05) is 31.2 Å². The Morgan fingerprint density at radius 3 is 2.35 bits per heavy atom. The summed E-state index contributed by atoms with van der Waals surface area (Å²) < 4.78 is 5.10. The number of nitrogens with zero attached hydrogens (tertiary/aromatic N) is 1. The van der Waals surface area contributed by atoms with E-state index in [2.05, 4.69) is 34.8 Å². The summed E-state index contributed by atoms with van der Waals surface area (Å²) in [6.45, 7) is 8.62. The number of carbonyl (C=O) groups excluding carboxylic acids is 1. The van der Waals surface area contributed by atoms with E-state index < -0.39 is 0 Å². The predicted molar refractivity (Wildman–Crippen MR) is 136 cm³/mol. The van der Waals surface area contributed by atoms with Gasteiger partial charge in [0.25, 0.3) is 5.91 Å². The molecule has 1 amide bonds. The van der Waals surface area contributed by atoms with Crippen LogP contribution < -0.4 is 16.0 Å². The molecule has 4 N–H and O–H groups in total. The van der Waals surface area contributed by atoms with Gasteiger partial charge in [0.15, 0.2) is 11.7 Å². The van der Waals surface area contributed by atoms with Crippen LogP contribution in [0.3, 0.4) is 0 Å². The van der Waals surface area contributed by atoms with Crippen molar-refractivity contribution in [3.05, 3.63) is 54.0 Å². The maximum absolute atomic E-state index is 12.0. The Labute approximate surface area is 202 Å². The first-order valence-corrected chi connectivity index (χ1v) is 10.6. The van der Waals surface area contributed by atoms with Gasteiger partial charge in [0.05, 0.1) is 12.8 Å². The molecule has 7 nitrogen and oxygen atoms in total. The van der Waals surface area contributed by atoms with Crippen molar-refractivity contribution in [3.63, 3.8) is 0 Å². The van der Waals surface area contributed by atoms with Crippen LogP contribution in [0.5, 0.6) is 0 Å². The van der Waals surface area contributed by atoms with Crippen molar-refractivity contribution in [2.24, 2.45) is 10.4 Å². The van der Waals surface area contributed by atoms with Crippen molar-refractivity contribution >= 4 is 41.5 Å². The highest BCUT2D eigenvalue weighted by Gasteiger charge is 2.25. The Morgan fingerprint density at radius 1 is 1.10 bits per heavy atom. The number of hydrogen-bond donors (Lipinski definition) is 4. The Bertz CT molecular complexity index is 788. The summed E-state index contributed by atoms with van der Waals surface area (Å²) in [7, 11) is 0. The molecule has 172 valence electrons. The van der Waals surface area contributed by atoms with Gasteiger partial charge in [0.1, 0.15) is 0 Å². The lowest BCUT2D eigenvalue weighted by molar-refractivity contribution is 0.0996. The van der Waals surface area contributed by atoms with Crippen LogP contribution in [0.4, 0.5) is 5.69 Å². The second-order valence-corrected chi connectivity index (χ2v) is 7.36. The molecule has 1 aromatic heterocycles. The second kappa shape index (κ2) is 14.1. The first-order chi connectivity index (χ1) is 14.6. The molecule has 1 aromatic carbocycles. The van der Waals surface area contributed by atoms with Crippen LogP contribution in [0.2, 0.25) is 0 Å². The van der Waals surface area contributed by atoms with Gasteiger partial charge in [-0.2, -0.15) is 0 Å². The predicted octanol–water partition coefficient (Wildman–Crippen LogP) is 4.39. The number of benzene rings is 1. The van der Waals surface area contributed by atoms with Crippen molar-refractivity contribution in [1.82, 2.24) is 10.6 Å². The highest BCUT2D eigenvalue weighted by molar-refractivity contribution is 14.0. The molecular formula is C23H35IN4O3. The van der Waals surface area contributed by atoms with Crippen molar-refractivity contribution in [1.29, 1.82) is 0 Å². The largest absolute Gasteiger partial charge is 0.459 e. The van der Waals surface area contributed by atoms with Gasteiger partial charge in [0, 0.05) is 25.4 Å². The van der Waals surface area contributed by atoms with Crippen molar-refractivity contribution in [3.8, 4) is 0 Å². The Morgan fingerprint density at radius 2 is 1.81 bits per heavy atom. The SMILES string of the molecule is CCNC(=NCc1ccc(NC(=O)c2ccco2)cc1)NCC(CC)(CC)CCO.I. The number of aliphatic hydroxyl groups excluding tert-OH is 1. The minimum Gasteiger partial charge on any atom is -0.459 e. The van der Waals surface area contributed by atoms with E-state index >= 15 is 0 Å². The van der Waals surface area contributed by atoms with Gasteiger partial charge in [-0.15, -0.1) is 24.0 Å². The zero-order valence-corrected chi connectivity index (χ0v) is 20.9. The number of anilines is 1. The number of aliphatic hydroxyl groups is 1. The van der Waals surface area contributed by atoms with Crippen LogP contribution in [-0.4, -0.2) is 36.7 Å². The van der Waals surface area contributed by atoms with Gasteiger partial charge in [0.2, 0.25) is 0 Å². The van der Waals surface area contributed by atoms with Gasteiger partial charge in [-0.3, -0.25) is 4.79 Å². The third-order valence-corrected chi connectivity index (χ3v) is 5.49. The summed E-state index contributed by atoms with van der Waals surface area (Å²) in [5.41, 5.74) is 1.81. The monoisotopic (exact) mass is 542 g/mol. The molecule has 0 aliphatic carbocycles. The summed E-state index contributed by atoms with van der Waals surface area (Å²) in [5.74, 6) is 0.765. The maximum Gasteiger partial charge on any atom is 0.291 e. The zero-order valence-electron chi connectivity index (χ0n) is 18.6. The molecule has 1 heterocycles. The normalized spacial score (nSPS) is 11.5. The van der Waals surface area contributed by atoms with Crippen LogP contribution in [0.1, 0.15) is 56.2 Å². The van der Waals surface area contributed by atoms with Gasteiger partial charge < -0.3 is 25.5 Å². The second-order valence-electron chi connectivity index (χ2n) is 7.36. The fraction of sp³-hybridized carbons (Fsp3) is 0.478. The van der Waals surface area contributed by atoms with E-state index in [9.17, 15) is 9.90 Å². The number of aliphatic imine (C=N–C) groups is 1. The highest BCUT2D eigenvalue weighted by Crippen LogP contribution is 2.29. The Hall–Kier alpha value is -2.07. The quantitative estimate of drug-likeness (QED) is 0.192. The van der Waals surface area contributed by atoms with Gasteiger partial charge >= 0.3 is 0 Å². The van der Waals surface area contributed by atoms with Crippen molar-refractivity contribution < 1.29 is 14.3 Å². The average Bonchev–Trinajstić information content (AvgIpc) is 3.31. The lowest BCUT2D eigenvalue weighted by atomic mass is 9.79. The molecule has 0 radical (unpaired) electrons. The van der Waals surface area contributed by atoms with Gasteiger partial charge in [-0.1, -0.05) is 26.0 Å². The number of hydrogen-bond acceptors (Lipinski definition) is 4. The molecule has 2 rings (SSSR count). The molecule has 0 spiro atoms. The molecule has 0 saturated carbocycles. The van der Waals surface area contributed by atoms with Gasteiger partial charge in [-0.25, -0.2) is 4.99 Å². The average molecular weight is 542 g/mol. The topological polar surface area (TPSA) is 98.9 Å². The maximum atomic E-state index is 12.0. The molecular weight excluding hydrogens is 507 g/mol. The summed E-state index contributed by atoms with van der Waals surface area (Å²) >= 11 is 0. The fourth-order valence-electron chi connectivity index (χ4n) is 3.26. The third kappa shape index (κ3) is 8.53. The molecule has 0 aliphatic heterocycles.